The van der Waals surface area contributed by atoms with Gasteiger partial charge in [0.25, 0.3) is 0 Å². The molecule has 1 rings (SSSR count). The lowest BCUT2D eigenvalue weighted by Gasteiger charge is -2.25. The van der Waals surface area contributed by atoms with E-state index >= 15 is 0 Å². The van der Waals surface area contributed by atoms with E-state index in [4.69, 9.17) is 4.74 Å². The van der Waals surface area contributed by atoms with Gasteiger partial charge in [-0.15, -0.1) is 0 Å². The average Bonchev–Trinajstić information content (AvgIpc) is 2.24. The second kappa shape index (κ2) is 6.07. The molecular formula is C13H18F2O2. The molecule has 0 radical (unpaired) electrons. The van der Waals surface area contributed by atoms with Crippen LogP contribution in [0.4, 0.5) is 8.78 Å². The van der Waals surface area contributed by atoms with E-state index < -0.39 is 23.8 Å². The summed E-state index contributed by atoms with van der Waals surface area (Å²) in [5.41, 5.74) is 0.167. The molecule has 0 saturated carbocycles. The van der Waals surface area contributed by atoms with E-state index in [1.165, 1.54) is 7.11 Å². The van der Waals surface area contributed by atoms with Crippen LogP contribution in [0.25, 0.3) is 0 Å². The largest absolute Gasteiger partial charge is 0.390 e. The molecular weight excluding hydrogens is 226 g/mol. The Morgan fingerprint density at radius 3 is 2.47 bits per heavy atom. The summed E-state index contributed by atoms with van der Waals surface area (Å²) in [6.45, 7) is 3.80. The van der Waals surface area contributed by atoms with Crippen LogP contribution in [0.5, 0.6) is 0 Å². The molecule has 1 N–H and O–H groups in total. The van der Waals surface area contributed by atoms with Gasteiger partial charge in [0, 0.05) is 13.5 Å². The van der Waals surface area contributed by atoms with Crippen LogP contribution in [0.1, 0.15) is 19.4 Å². The van der Waals surface area contributed by atoms with Gasteiger partial charge in [0.05, 0.1) is 12.2 Å². The number of halogens is 2. The van der Waals surface area contributed by atoms with Crippen LogP contribution < -0.4 is 0 Å². The Bertz CT molecular complexity index is 366. The Morgan fingerprint density at radius 2 is 1.94 bits per heavy atom. The minimum Gasteiger partial charge on any atom is -0.390 e. The van der Waals surface area contributed by atoms with Crippen LogP contribution in [0.3, 0.4) is 0 Å². The van der Waals surface area contributed by atoms with Crippen molar-refractivity contribution < 1.29 is 18.6 Å². The van der Waals surface area contributed by atoms with Gasteiger partial charge in [-0.3, -0.25) is 0 Å². The number of methoxy groups -OCH3 is 1. The monoisotopic (exact) mass is 244 g/mol. The number of aliphatic hydroxyl groups is 1. The standard InChI is InChI=1S/C13H18F2O2/c1-8(2)13(17-3)12(16)7-9-6-10(14)4-5-11(9)15/h4-6,8,12-13,16H,7H2,1-3H3. The normalized spacial score (nSPS) is 15.0. The molecule has 0 aromatic heterocycles. The van der Waals surface area contributed by atoms with Crippen molar-refractivity contribution in [3.8, 4) is 0 Å². The zero-order valence-corrected chi connectivity index (χ0v) is 10.3. The van der Waals surface area contributed by atoms with Crippen LogP contribution in [-0.4, -0.2) is 24.4 Å². The number of hydrogen-bond acceptors (Lipinski definition) is 2. The first-order valence-electron chi connectivity index (χ1n) is 5.60. The quantitative estimate of drug-likeness (QED) is 0.862. The van der Waals surface area contributed by atoms with Crippen molar-refractivity contribution in [1.82, 2.24) is 0 Å². The van der Waals surface area contributed by atoms with Crippen molar-refractivity contribution in [2.24, 2.45) is 5.92 Å². The smallest absolute Gasteiger partial charge is 0.126 e. The summed E-state index contributed by atoms with van der Waals surface area (Å²) in [7, 11) is 1.50. The van der Waals surface area contributed by atoms with Crippen LogP contribution in [-0.2, 0) is 11.2 Å². The van der Waals surface area contributed by atoms with Crippen molar-refractivity contribution in [3.63, 3.8) is 0 Å². The van der Waals surface area contributed by atoms with Crippen molar-refractivity contribution in [1.29, 1.82) is 0 Å². The highest BCUT2D eigenvalue weighted by molar-refractivity contribution is 5.19. The van der Waals surface area contributed by atoms with Crippen molar-refractivity contribution in [2.75, 3.05) is 7.11 Å². The zero-order chi connectivity index (χ0) is 13.0. The van der Waals surface area contributed by atoms with Crippen molar-refractivity contribution in [2.45, 2.75) is 32.5 Å². The molecule has 4 heteroatoms. The van der Waals surface area contributed by atoms with Gasteiger partial charge in [0.15, 0.2) is 0 Å². The van der Waals surface area contributed by atoms with E-state index in [-0.39, 0.29) is 17.9 Å². The number of hydrogen-bond donors (Lipinski definition) is 1. The van der Waals surface area contributed by atoms with Gasteiger partial charge >= 0.3 is 0 Å². The minimum atomic E-state index is -0.851. The maximum absolute atomic E-state index is 13.4. The first kappa shape index (κ1) is 14.1. The molecule has 2 atom stereocenters. The molecule has 0 aliphatic carbocycles. The Morgan fingerprint density at radius 1 is 1.29 bits per heavy atom. The molecule has 2 nitrogen and oxygen atoms in total. The van der Waals surface area contributed by atoms with Crippen LogP contribution in [0.2, 0.25) is 0 Å². The Kier molecular flexibility index (Phi) is 5.02. The van der Waals surface area contributed by atoms with Gasteiger partial charge in [-0.25, -0.2) is 8.78 Å². The molecule has 0 bridgehead atoms. The molecule has 0 aliphatic heterocycles. The predicted molar refractivity (Wildman–Crippen MR) is 61.7 cm³/mol. The number of benzene rings is 1. The van der Waals surface area contributed by atoms with Gasteiger partial charge in [-0.05, 0) is 29.7 Å². The van der Waals surface area contributed by atoms with E-state index in [9.17, 15) is 13.9 Å². The van der Waals surface area contributed by atoms with E-state index in [1.807, 2.05) is 13.8 Å². The second-order valence-corrected chi connectivity index (χ2v) is 4.45. The molecule has 0 spiro atoms. The first-order chi connectivity index (χ1) is 7.95. The average molecular weight is 244 g/mol. The van der Waals surface area contributed by atoms with E-state index in [0.29, 0.717) is 0 Å². The highest BCUT2D eigenvalue weighted by atomic mass is 19.1. The third-order valence-electron chi connectivity index (χ3n) is 2.75. The SMILES string of the molecule is COC(C(C)C)C(O)Cc1cc(F)ccc1F. The molecule has 17 heavy (non-hydrogen) atoms. The van der Waals surface area contributed by atoms with Gasteiger partial charge < -0.3 is 9.84 Å². The van der Waals surface area contributed by atoms with Gasteiger partial charge in [0.1, 0.15) is 11.6 Å². The summed E-state index contributed by atoms with van der Waals surface area (Å²) in [6.07, 6.45) is -1.20. The summed E-state index contributed by atoms with van der Waals surface area (Å²) in [5.74, 6) is -0.914. The van der Waals surface area contributed by atoms with Crippen LogP contribution >= 0.6 is 0 Å². The maximum Gasteiger partial charge on any atom is 0.126 e. The lowest BCUT2D eigenvalue weighted by Crippen LogP contribution is -2.34. The summed E-state index contributed by atoms with van der Waals surface area (Å²) < 4.78 is 31.5. The number of ether oxygens (including phenoxy) is 1. The van der Waals surface area contributed by atoms with Gasteiger partial charge in [-0.1, -0.05) is 13.8 Å². The lowest BCUT2D eigenvalue weighted by atomic mass is 9.96. The molecule has 0 heterocycles. The van der Waals surface area contributed by atoms with E-state index in [1.54, 1.807) is 0 Å². The highest BCUT2D eigenvalue weighted by Gasteiger charge is 2.23. The molecule has 1 aromatic rings. The number of rotatable bonds is 5. The van der Waals surface area contributed by atoms with Gasteiger partial charge in [0.2, 0.25) is 0 Å². The molecule has 0 fully saturated rings. The lowest BCUT2D eigenvalue weighted by molar-refractivity contribution is -0.0371. The first-order valence-corrected chi connectivity index (χ1v) is 5.60. The highest BCUT2D eigenvalue weighted by Crippen LogP contribution is 2.17. The fourth-order valence-corrected chi connectivity index (χ4v) is 1.91. The fraction of sp³-hybridized carbons (Fsp3) is 0.538. The van der Waals surface area contributed by atoms with Gasteiger partial charge in [-0.2, -0.15) is 0 Å². The topological polar surface area (TPSA) is 29.5 Å². The van der Waals surface area contributed by atoms with Crippen molar-refractivity contribution >= 4 is 0 Å². The molecule has 0 amide bonds. The Hall–Kier alpha value is -1.00. The van der Waals surface area contributed by atoms with Crippen LogP contribution in [0, 0.1) is 17.6 Å². The molecule has 0 saturated heterocycles. The zero-order valence-electron chi connectivity index (χ0n) is 10.3. The second-order valence-electron chi connectivity index (χ2n) is 4.45. The Labute approximate surface area is 100 Å². The predicted octanol–water partition coefficient (Wildman–Crippen LogP) is 2.54. The molecule has 96 valence electrons. The summed E-state index contributed by atoms with van der Waals surface area (Å²) in [5, 5.41) is 9.93. The Balaban J connectivity index is 2.79. The summed E-state index contributed by atoms with van der Waals surface area (Å²) in [6, 6.07) is 3.22. The molecule has 1 aromatic carbocycles. The third kappa shape index (κ3) is 3.75. The van der Waals surface area contributed by atoms with E-state index in [2.05, 4.69) is 0 Å². The molecule has 2 unspecified atom stereocenters. The fourth-order valence-electron chi connectivity index (χ4n) is 1.91. The maximum atomic E-state index is 13.4. The number of aliphatic hydroxyl groups excluding tert-OH is 1. The summed E-state index contributed by atoms with van der Waals surface area (Å²) >= 11 is 0. The summed E-state index contributed by atoms with van der Waals surface area (Å²) in [4.78, 5) is 0. The van der Waals surface area contributed by atoms with Crippen molar-refractivity contribution in [3.05, 3.63) is 35.4 Å². The third-order valence-corrected chi connectivity index (χ3v) is 2.75. The van der Waals surface area contributed by atoms with E-state index in [0.717, 1.165) is 18.2 Å². The minimum absolute atomic E-state index is 0.0419. The molecule has 0 aliphatic rings. The van der Waals surface area contributed by atoms with Crippen LogP contribution in [0.15, 0.2) is 18.2 Å².